The van der Waals surface area contributed by atoms with Crippen LogP contribution in [0.3, 0.4) is 0 Å². The summed E-state index contributed by atoms with van der Waals surface area (Å²) in [6.45, 7) is 1.44. The maximum atomic E-state index is 12.1. The van der Waals surface area contributed by atoms with Crippen molar-refractivity contribution in [2.24, 2.45) is 0 Å². The van der Waals surface area contributed by atoms with Gasteiger partial charge in [-0.3, -0.25) is 9.59 Å². The molecule has 18 heavy (non-hydrogen) atoms. The Bertz CT molecular complexity index is 408. The molecule has 0 spiro atoms. The number of halogens is 1. The minimum absolute atomic E-state index is 0. The van der Waals surface area contributed by atoms with Gasteiger partial charge in [0.05, 0.1) is 5.56 Å². The molecule has 0 fully saturated rings. The summed E-state index contributed by atoms with van der Waals surface area (Å²) < 4.78 is 0. The zero-order valence-electron chi connectivity index (χ0n) is 10.9. The highest BCUT2D eigenvalue weighted by atomic mass is 35.5. The van der Waals surface area contributed by atoms with Gasteiger partial charge in [-0.2, -0.15) is 0 Å². The predicted octanol–water partition coefficient (Wildman–Crippen LogP) is 1.55. The highest BCUT2D eigenvalue weighted by molar-refractivity contribution is 6.01. The lowest BCUT2D eigenvalue weighted by atomic mass is 10.1. The first-order valence-electron chi connectivity index (χ1n) is 5.50. The lowest BCUT2D eigenvalue weighted by molar-refractivity contribution is 0.0783. The maximum absolute atomic E-state index is 12.1. The van der Waals surface area contributed by atoms with E-state index in [2.05, 4.69) is 0 Å². The van der Waals surface area contributed by atoms with E-state index < -0.39 is 0 Å². The molecule has 0 aliphatic heterocycles. The number of amides is 1. The van der Waals surface area contributed by atoms with Gasteiger partial charge in [-0.1, -0.05) is 18.2 Å². The van der Waals surface area contributed by atoms with Gasteiger partial charge in [0.2, 0.25) is 0 Å². The normalized spacial score (nSPS) is 9.78. The molecule has 0 heterocycles. The van der Waals surface area contributed by atoms with E-state index in [1.807, 2.05) is 19.0 Å². The largest absolute Gasteiger partial charge is 0.340 e. The van der Waals surface area contributed by atoms with Crippen molar-refractivity contribution < 1.29 is 9.59 Å². The Kier molecular flexibility index (Phi) is 7.24. The Morgan fingerprint density at radius 1 is 1.17 bits per heavy atom. The molecule has 5 heteroatoms. The number of aldehydes is 1. The van der Waals surface area contributed by atoms with E-state index in [4.69, 9.17) is 0 Å². The van der Waals surface area contributed by atoms with Crippen LogP contribution >= 0.6 is 12.4 Å². The van der Waals surface area contributed by atoms with Gasteiger partial charge in [0.15, 0.2) is 6.29 Å². The third kappa shape index (κ3) is 4.47. The number of hydrogen-bond donors (Lipinski definition) is 0. The second-order valence-corrected chi connectivity index (χ2v) is 4.24. The summed E-state index contributed by atoms with van der Waals surface area (Å²) in [4.78, 5) is 26.6. The molecule has 1 amide bonds. The summed E-state index contributed by atoms with van der Waals surface area (Å²) in [6.07, 6.45) is 0.715. The van der Waals surface area contributed by atoms with E-state index in [9.17, 15) is 9.59 Å². The van der Waals surface area contributed by atoms with Crippen molar-refractivity contribution >= 4 is 24.6 Å². The van der Waals surface area contributed by atoms with E-state index >= 15 is 0 Å². The first kappa shape index (κ1) is 16.6. The van der Waals surface area contributed by atoms with Gasteiger partial charge in [-0.15, -0.1) is 12.4 Å². The fourth-order valence-electron chi connectivity index (χ4n) is 1.45. The second kappa shape index (κ2) is 7.84. The van der Waals surface area contributed by atoms with Crippen molar-refractivity contribution in [1.29, 1.82) is 0 Å². The van der Waals surface area contributed by atoms with Crippen LogP contribution in [-0.4, -0.2) is 56.2 Å². The van der Waals surface area contributed by atoms with Gasteiger partial charge in [-0.25, -0.2) is 0 Å². The van der Waals surface area contributed by atoms with Crippen molar-refractivity contribution in [2.75, 3.05) is 34.2 Å². The molecule has 0 atom stereocenters. The molecule has 0 N–H and O–H groups in total. The Hall–Kier alpha value is -1.39. The highest BCUT2D eigenvalue weighted by Gasteiger charge is 2.14. The molecule has 1 rings (SSSR count). The topological polar surface area (TPSA) is 40.6 Å². The average Bonchev–Trinajstić information content (AvgIpc) is 2.34. The molecule has 0 radical (unpaired) electrons. The fourth-order valence-corrected chi connectivity index (χ4v) is 1.45. The van der Waals surface area contributed by atoms with Crippen molar-refractivity contribution in [1.82, 2.24) is 9.80 Å². The van der Waals surface area contributed by atoms with E-state index in [0.717, 1.165) is 6.54 Å². The third-order valence-electron chi connectivity index (χ3n) is 2.55. The Morgan fingerprint density at radius 2 is 1.78 bits per heavy atom. The molecule has 4 nitrogen and oxygen atoms in total. The second-order valence-electron chi connectivity index (χ2n) is 4.24. The molecule has 0 unspecified atom stereocenters. The van der Waals surface area contributed by atoms with Gasteiger partial charge in [0.25, 0.3) is 5.91 Å². The summed E-state index contributed by atoms with van der Waals surface area (Å²) in [5.41, 5.74) is 0.901. The smallest absolute Gasteiger partial charge is 0.254 e. The summed E-state index contributed by atoms with van der Waals surface area (Å²) in [6, 6.07) is 6.85. The molecule has 0 aliphatic rings. The van der Waals surface area contributed by atoms with Crippen LogP contribution in [0.1, 0.15) is 20.7 Å². The molecule has 0 aromatic heterocycles. The zero-order chi connectivity index (χ0) is 12.8. The summed E-state index contributed by atoms with van der Waals surface area (Å²) in [5, 5.41) is 0. The lowest BCUT2D eigenvalue weighted by Crippen LogP contribution is -2.33. The molecular weight excluding hydrogens is 252 g/mol. The Balaban J connectivity index is 0.00000289. The maximum Gasteiger partial charge on any atom is 0.254 e. The summed E-state index contributed by atoms with van der Waals surface area (Å²) in [7, 11) is 5.66. The quantitative estimate of drug-likeness (QED) is 0.763. The number of hydrogen-bond acceptors (Lipinski definition) is 3. The van der Waals surface area contributed by atoms with Crippen LogP contribution in [0.4, 0.5) is 0 Å². The van der Waals surface area contributed by atoms with Crippen molar-refractivity contribution in [2.45, 2.75) is 0 Å². The molecular formula is C13H19ClN2O2. The SMILES string of the molecule is CN(C)CCN(C)C(=O)c1ccccc1C=O.Cl. The number of rotatable bonds is 5. The van der Waals surface area contributed by atoms with E-state index in [1.54, 1.807) is 36.2 Å². The third-order valence-corrected chi connectivity index (χ3v) is 2.55. The Morgan fingerprint density at radius 3 is 2.33 bits per heavy atom. The van der Waals surface area contributed by atoms with Crippen molar-refractivity contribution in [3.05, 3.63) is 35.4 Å². The van der Waals surface area contributed by atoms with E-state index in [0.29, 0.717) is 24.0 Å². The number of likely N-dealkylation sites (N-methyl/N-ethyl adjacent to an activating group) is 2. The van der Waals surface area contributed by atoms with Crippen molar-refractivity contribution in [3.8, 4) is 0 Å². The molecule has 0 saturated carbocycles. The fraction of sp³-hybridized carbons (Fsp3) is 0.385. The highest BCUT2D eigenvalue weighted by Crippen LogP contribution is 2.08. The van der Waals surface area contributed by atoms with Crippen LogP contribution in [0.5, 0.6) is 0 Å². The predicted molar refractivity (Wildman–Crippen MR) is 74.6 cm³/mol. The van der Waals surface area contributed by atoms with Crippen LogP contribution in [-0.2, 0) is 0 Å². The summed E-state index contributed by atoms with van der Waals surface area (Å²) in [5.74, 6) is -0.116. The molecule has 1 aromatic carbocycles. The Labute approximate surface area is 114 Å². The summed E-state index contributed by atoms with van der Waals surface area (Å²) >= 11 is 0. The number of nitrogens with zero attached hydrogens (tertiary/aromatic N) is 2. The molecule has 0 bridgehead atoms. The first-order chi connectivity index (χ1) is 8.06. The lowest BCUT2D eigenvalue weighted by Gasteiger charge is -2.20. The van der Waals surface area contributed by atoms with Crippen LogP contribution in [0.2, 0.25) is 0 Å². The minimum atomic E-state index is -0.116. The van der Waals surface area contributed by atoms with Gasteiger partial charge in [0.1, 0.15) is 0 Å². The van der Waals surface area contributed by atoms with Crippen molar-refractivity contribution in [3.63, 3.8) is 0 Å². The number of carbonyl (C=O) groups is 2. The van der Waals surface area contributed by atoms with E-state index in [-0.39, 0.29) is 18.3 Å². The van der Waals surface area contributed by atoms with Gasteiger partial charge in [0, 0.05) is 25.7 Å². The van der Waals surface area contributed by atoms with Crippen LogP contribution in [0.25, 0.3) is 0 Å². The first-order valence-corrected chi connectivity index (χ1v) is 5.50. The monoisotopic (exact) mass is 270 g/mol. The molecule has 0 saturated heterocycles. The standard InChI is InChI=1S/C13H18N2O2.ClH/c1-14(2)8-9-15(3)13(17)12-7-5-4-6-11(12)10-16;/h4-7,10H,8-9H2,1-3H3;1H. The van der Waals surface area contributed by atoms with Gasteiger partial charge < -0.3 is 9.80 Å². The molecule has 100 valence electrons. The van der Waals surface area contributed by atoms with Crippen LogP contribution in [0.15, 0.2) is 24.3 Å². The van der Waals surface area contributed by atoms with Crippen LogP contribution in [0, 0.1) is 0 Å². The van der Waals surface area contributed by atoms with E-state index in [1.165, 1.54) is 0 Å². The zero-order valence-corrected chi connectivity index (χ0v) is 11.7. The number of benzene rings is 1. The minimum Gasteiger partial charge on any atom is -0.340 e. The van der Waals surface area contributed by atoms with Gasteiger partial charge in [-0.05, 0) is 20.2 Å². The van der Waals surface area contributed by atoms with Crippen LogP contribution < -0.4 is 0 Å². The molecule has 1 aromatic rings. The van der Waals surface area contributed by atoms with Gasteiger partial charge >= 0.3 is 0 Å². The molecule has 0 aliphatic carbocycles. The number of carbonyl (C=O) groups excluding carboxylic acids is 2. The average molecular weight is 271 g/mol.